The van der Waals surface area contributed by atoms with E-state index in [4.69, 9.17) is 9.47 Å². The van der Waals surface area contributed by atoms with E-state index in [9.17, 15) is 18.0 Å². The van der Waals surface area contributed by atoms with Crippen LogP contribution in [0.25, 0.3) is 10.9 Å². The topological polar surface area (TPSA) is 63.3 Å². The largest absolute Gasteiger partial charge is 0.489 e. The molecule has 0 amide bonds. The molecule has 0 spiro atoms. The number of aromatic nitrogens is 1. The van der Waals surface area contributed by atoms with Gasteiger partial charge in [-0.05, 0) is 72.7 Å². The maximum Gasteiger partial charge on any atom is 0.416 e. The number of esters is 1. The van der Waals surface area contributed by atoms with Crippen molar-refractivity contribution in [2.75, 3.05) is 13.7 Å². The standard InChI is InChI=1S/C27H29F3N2O3/c1-34-25(33)14-24-26-20(10-11-31-24)21-13-18(7-9-23(21)32-26)35-15-16-6-8-19(17-4-2-3-5-17)22(12-16)27(28,29)30/h6-9,12-13,17,24,31-32H,2-5,10-11,14-15H2,1H3. The Balaban J connectivity index is 1.36. The van der Waals surface area contributed by atoms with E-state index in [0.29, 0.717) is 16.9 Å². The van der Waals surface area contributed by atoms with Crippen molar-refractivity contribution in [2.45, 2.75) is 63.3 Å². The van der Waals surface area contributed by atoms with E-state index in [1.54, 1.807) is 12.1 Å². The maximum atomic E-state index is 13.8. The van der Waals surface area contributed by atoms with Crippen molar-refractivity contribution in [1.82, 2.24) is 10.3 Å². The van der Waals surface area contributed by atoms with Crippen molar-refractivity contribution < 1.29 is 27.4 Å². The molecule has 1 unspecified atom stereocenters. The van der Waals surface area contributed by atoms with Crippen molar-refractivity contribution in [1.29, 1.82) is 0 Å². The van der Waals surface area contributed by atoms with Gasteiger partial charge >= 0.3 is 12.1 Å². The number of carbonyl (C=O) groups is 1. The van der Waals surface area contributed by atoms with Gasteiger partial charge in [-0.2, -0.15) is 13.2 Å². The summed E-state index contributed by atoms with van der Waals surface area (Å²) in [6.45, 7) is 0.791. The van der Waals surface area contributed by atoms with Crippen molar-refractivity contribution >= 4 is 16.9 Å². The Morgan fingerprint density at radius 3 is 2.66 bits per heavy atom. The number of aromatic amines is 1. The van der Waals surface area contributed by atoms with Crippen LogP contribution < -0.4 is 10.1 Å². The maximum absolute atomic E-state index is 13.8. The second-order valence-electron chi connectivity index (χ2n) is 9.45. The van der Waals surface area contributed by atoms with Crippen LogP contribution in [0.4, 0.5) is 13.2 Å². The third kappa shape index (κ3) is 4.89. The number of H-pyrrole nitrogens is 1. The third-order valence-corrected chi connectivity index (χ3v) is 7.25. The van der Waals surface area contributed by atoms with Gasteiger partial charge in [0.05, 0.1) is 25.1 Å². The number of nitrogens with one attached hydrogen (secondary N) is 2. The molecular formula is C27H29F3N2O3. The molecule has 2 aromatic carbocycles. The normalized spacial score (nSPS) is 18.6. The van der Waals surface area contributed by atoms with E-state index in [1.807, 2.05) is 18.2 Å². The monoisotopic (exact) mass is 486 g/mol. The Bertz CT molecular complexity index is 1230. The summed E-state index contributed by atoms with van der Waals surface area (Å²) in [7, 11) is 1.38. The molecule has 2 heterocycles. The van der Waals surface area contributed by atoms with E-state index in [0.717, 1.165) is 60.8 Å². The Kier molecular flexibility index (Phi) is 6.49. The molecule has 3 aromatic rings. The summed E-state index contributed by atoms with van der Waals surface area (Å²) in [6.07, 6.45) is 0.249. The first-order valence-corrected chi connectivity index (χ1v) is 12.1. The Morgan fingerprint density at radius 2 is 1.91 bits per heavy atom. The number of carbonyl (C=O) groups excluding carboxylic acids is 1. The van der Waals surface area contributed by atoms with Gasteiger partial charge in [-0.25, -0.2) is 0 Å². The second kappa shape index (κ2) is 9.57. The summed E-state index contributed by atoms with van der Waals surface area (Å²) < 4.78 is 52.1. The van der Waals surface area contributed by atoms with Gasteiger partial charge < -0.3 is 19.8 Å². The first-order valence-electron chi connectivity index (χ1n) is 12.1. The number of alkyl halides is 3. The fourth-order valence-corrected chi connectivity index (χ4v) is 5.50. The lowest BCUT2D eigenvalue weighted by molar-refractivity contribution is -0.141. The van der Waals surface area contributed by atoms with Crippen molar-refractivity contribution in [3.05, 3.63) is 64.3 Å². The average Bonchev–Trinajstić information content (AvgIpc) is 3.50. The van der Waals surface area contributed by atoms with E-state index >= 15 is 0 Å². The van der Waals surface area contributed by atoms with Crippen LogP contribution in [0.3, 0.4) is 0 Å². The zero-order chi connectivity index (χ0) is 24.6. The molecule has 1 atom stereocenters. The van der Waals surface area contributed by atoms with Gasteiger partial charge in [-0.3, -0.25) is 4.79 Å². The molecule has 35 heavy (non-hydrogen) atoms. The lowest BCUT2D eigenvalue weighted by Gasteiger charge is -2.23. The highest BCUT2D eigenvalue weighted by atomic mass is 19.4. The predicted octanol–water partition coefficient (Wildman–Crippen LogP) is 6.17. The van der Waals surface area contributed by atoms with E-state index in [1.165, 1.54) is 13.2 Å². The molecule has 0 bridgehead atoms. The number of hydrogen-bond donors (Lipinski definition) is 2. The minimum Gasteiger partial charge on any atom is -0.489 e. The van der Waals surface area contributed by atoms with Gasteiger partial charge in [0, 0.05) is 16.6 Å². The van der Waals surface area contributed by atoms with Crippen LogP contribution in [0, 0.1) is 0 Å². The summed E-state index contributed by atoms with van der Waals surface area (Å²) in [5.41, 5.74) is 3.39. The zero-order valence-corrected chi connectivity index (χ0v) is 19.6. The minimum atomic E-state index is -4.38. The molecule has 1 aliphatic heterocycles. The lowest BCUT2D eigenvalue weighted by Crippen LogP contribution is -2.31. The molecule has 0 saturated heterocycles. The molecule has 2 N–H and O–H groups in total. The number of benzene rings is 2. The van der Waals surface area contributed by atoms with Crippen LogP contribution in [0.1, 0.15) is 72.0 Å². The molecule has 8 heteroatoms. The fourth-order valence-electron chi connectivity index (χ4n) is 5.50. The molecular weight excluding hydrogens is 457 g/mol. The summed E-state index contributed by atoms with van der Waals surface area (Å²) in [6, 6.07) is 10.1. The van der Waals surface area contributed by atoms with E-state index in [-0.39, 0.29) is 31.0 Å². The van der Waals surface area contributed by atoms with Crippen LogP contribution in [-0.4, -0.2) is 24.6 Å². The van der Waals surface area contributed by atoms with Crippen LogP contribution in [0.15, 0.2) is 36.4 Å². The van der Waals surface area contributed by atoms with E-state index < -0.39 is 11.7 Å². The fraction of sp³-hybridized carbons (Fsp3) is 0.444. The summed E-state index contributed by atoms with van der Waals surface area (Å²) in [5, 5.41) is 4.35. The minimum absolute atomic E-state index is 0.0127. The number of hydrogen-bond acceptors (Lipinski definition) is 4. The highest BCUT2D eigenvalue weighted by molar-refractivity contribution is 5.87. The van der Waals surface area contributed by atoms with Crippen LogP contribution in [0.2, 0.25) is 0 Å². The first-order chi connectivity index (χ1) is 16.8. The molecule has 1 aromatic heterocycles. The molecule has 1 saturated carbocycles. The van der Waals surface area contributed by atoms with Crippen LogP contribution in [0.5, 0.6) is 5.75 Å². The van der Waals surface area contributed by atoms with Crippen molar-refractivity contribution in [3.8, 4) is 5.75 Å². The second-order valence-corrected chi connectivity index (χ2v) is 9.45. The first kappa shape index (κ1) is 23.7. The quantitative estimate of drug-likeness (QED) is 0.409. The van der Waals surface area contributed by atoms with Crippen molar-refractivity contribution in [3.63, 3.8) is 0 Å². The molecule has 1 fully saturated rings. The highest BCUT2D eigenvalue weighted by Gasteiger charge is 2.36. The van der Waals surface area contributed by atoms with Gasteiger partial charge in [0.2, 0.25) is 0 Å². The molecule has 186 valence electrons. The molecule has 1 aliphatic carbocycles. The number of fused-ring (bicyclic) bond motifs is 3. The van der Waals surface area contributed by atoms with Crippen LogP contribution in [-0.2, 0) is 28.7 Å². The third-order valence-electron chi connectivity index (χ3n) is 7.25. The zero-order valence-electron chi connectivity index (χ0n) is 19.6. The van der Waals surface area contributed by atoms with Gasteiger partial charge in [0.15, 0.2) is 0 Å². The molecule has 5 nitrogen and oxygen atoms in total. The van der Waals surface area contributed by atoms with Gasteiger partial charge in [-0.1, -0.05) is 25.0 Å². The highest BCUT2D eigenvalue weighted by Crippen LogP contribution is 2.42. The van der Waals surface area contributed by atoms with Gasteiger partial charge in [-0.15, -0.1) is 0 Å². The number of rotatable bonds is 6. The van der Waals surface area contributed by atoms with Crippen LogP contribution >= 0.6 is 0 Å². The summed E-state index contributed by atoms with van der Waals surface area (Å²) in [5.74, 6) is 0.298. The summed E-state index contributed by atoms with van der Waals surface area (Å²) in [4.78, 5) is 15.2. The molecule has 5 rings (SSSR count). The van der Waals surface area contributed by atoms with Crippen molar-refractivity contribution in [2.24, 2.45) is 0 Å². The molecule has 0 radical (unpaired) electrons. The Morgan fingerprint density at radius 1 is 1.11 bits per heavy atom. The predicted molar refractivity (Wildman–Crippen MR) is 126 cm³/mol. The number of methoxy groups -OCH3 is 1. The van der Waals surface area contributed by atoms with Gasteiger partial charge in [0.1, 0.15) is 12.4 Å². The lowest BCUT2D eigenvalue weighted by atomic mass is 9.91. The number of halogens is 3. The average molecular weight is 487 g/mol. The van der Waals surface area contributed by atoms with Gasteiger partial charge in [0.25, 0.3) is 0 Å². The Hall–Kier alpha value is -3.00. The molecule has 2 aliphatic rings. The SMILES string of the molecule is COC(=O)CC1NCCc2c1[nH]c1ccc(OCc3ccc(C4CCCC4)c(C(F)(F)F)c3)cc21. The smallest absolute Gasteiger partial charge is 0.416 e. The number of ether oxygens (including phenoxy) is 2. The Labute approximate surface area is 202 Å². The van der Waals surface area contributed by atoms with E-state index in [2.05, 4.69) is 10.3 Å². The summed E-state index contributed by atoms with van der Waals surface area (Å²) >= 11 is 0.